The average molecular weight is 725 g/mol. The number of aromatic nitrogens is 1. The molecule has 0 saturated carbocycles. The zero-order valence-corrected chi connectivity index (χ0v) is 30.0. The van der Waals surface area contributed by atoms with Crippen LogP contribution in [0, 0.1) is 10.1 Å². The van der Waals surface area contributed by atoms with E-state index >= 15 is 0 Å². The van der Waals surface area contributed by atoms with Gasteiger partial charge < -0.3 is 15.1 Å². The lowest BCUT2D eigenvalue weighted by atomic mass is 9.96. The summed E-state index contributed by atoms with van der Waals surface area (Å²) >= 11 is 1.59. The number of hydrogen-bond acceptors (Lipinski definition) is 10. The van der Waals surface area contributed by atoms with Crippen LogP contribution in [0.15, 0.2) is 113 Å². The molecule has 0 spiro atoms. The smallest absolute Gasteiger partial charge is 0.293 e. The Kier molecular flexibility index (Phi) is 11.6. The molecule has 51 heavy (non-hydrogen) atoms. The molecule has 4 aromatic carbocycles. The number of nitrogens with zero attached hydrogens (tertiary/aromatic N) is 4. The summed E-state index contributed by atoms with van der Waals surface area (Å²) in [6.45, 7) is 5.88. The molecule has 1 aliphatic rings. The topological polar surface area (TPSA) is 138 Å². The van der Waals surface area contributed by atoms with Gasteiger partial charge in [0.05, 0.1) is 15.3 Å². The van der Waals surface area contributed by atoms with Gasteiger partial charge in [-0.15, -0.1) is 11.8 Å². The second kappa shape index (κ2) is 16.5. The lowest BCUT2D eigenvalue weighted by Gasteiger charge is -2.32. The molecular weight excluding hydrogens is 685 g/mol. The number of aryl methyl sites for hydroxylation is 1. The van der Waals surface area contributed by atoms with Gasteiger partial charge in [0.25, 0.3) is 21.6 Å². The van der Waals surface area contributed by atoms with Gasteiger partial charge in [-0.05, 0) is 80.0 Å². The van der Waals surface area contributed by atoms with Crippen molar-refractivity contribution >= 4 is 50.0 Å². The molecule has 0 atom stereocenters. The van der Waals surface area contributed by atoms with Crippen molar-refractivity contribution in [2.24, 2.45) is 0 Å². The fourth-order valence-corrected chi connectivity index (χ4v) is 7.92. The first kappa shape index (κ1) is 36.0. The molecule has 2 heterocycles. The van der Waals surface area contributed by atoms with Crippen LogP contribution < -0.4 is 10.0 Å². The third-order valence-corrected chi connectivity index (χ3v) is 11.3. The van der Waals surface area contributed by atoms with Gasteiger partial charge in [0, 0.05) is 72.1 Å². The molecule has 0 bridgehead atoms. The van der Waals surface area contributed by atoms with E-state index in [-0.39, 0.29) is 16.1 Å². The van der Waals surface area contributed by atoms with Crippen molar-refractivity contribution in [2.45, 2.75) is 22.6 Å². The Balaban J connectivity index is 1.10. The Hall–Kier alpha value is -4.82. The molecular formula is C38H40N6O5S2. The Labute approximate surface area is 302 Å². The zero-order chi connectivity index (χ0) is 35.8. The standard InChI is InChI=1S/C38H40N6O5S2/c1-42-22-24-43(25-23-42)21-6-7-28-15-17-34(37-33(28)10-5-19-40-37)29-11-13-30(14-12-29)38(45)41-51(48,49)32-16-18-35(36(27-32)44(46)47)39-20-26-50-31-8-3-2-4-9-31/h2-5,8-19,27,39H,6-7,20-26H2,1H3,(H,41,45). The maximum Gasteiger partial charge on any atom is 0.293 e. The second-order valence-electron chi connectivity index (χ2n) is 12.5. The van der Waals surface area contributed by atoms with Crippen LogP contribution in [-0.4, -0.2) is 86.1 Å². The highest BCUT2D eigenvalue weighted by Crippen LogP contribution is 2.31. The van der Waals surface area contributed by atoms with E-state index in [4.69, 9.17) is 4.98 Å². The van der Waals surface area contributed by atoms with Crippen LogP contribution in [0.25, 0.3) is 22.0 Å². The summed E-state index contributed by atoms with van der Waals surface area (Å²) in [6, 6.07) is 28.1. The van der Waals surface area contributed by atoms with Gasteiger partial charge in [-0.2, -0.15) is 0 Å². The molecule has 5 aromatic rings. The monoisotopic (exact) mass is 724 g/mol. The van der Waals surface area contributed by atoms with Gasteiger partial charge in [-0.3, -0.25) is 19.9 Å². The number of nitro groups is 1. The number of likely N-dealkylation sites (N-methyl/N-ethyl adjacent to an activating group) is 1. The number of thioether (sulfide) groups is 1. The van der Waals surface area contributed by atoms with E-state index in [9.17, 15) is 23.3 Å². The molecule has 1 fully saturated rings. The Morgan fingerprint density at radius 3 is 2.45 bits per heavy atom. The Morgan fingerprint density at radius 1 is 0.941 bits per heavy atom. The van der Waals surface area contributed by atoms with Crippen molar-refractivity contribution < 1.29 is 18.1 Å². The van der Waals surface area contributed by atoms with Crippen LogP contribution in [-0.2, 0) is 16.4 Å². The number of benzene rings is 4. The third kappa shape index (κ3) is 9.11. The molecule has 1 aliphatic heterocycles. The summed E-state index contributed by atoms with van der Waals surface area (Å²) in [7, 11) is -2.24. The van der Waals surface area contributed by atoms with Gasteiger partial charge in [0.2, 0.25) is 0 Å². The van der Waals surface area contributed by atoms with Crippen molar-refractivity contribution in [1.29, 1.82) is 0 Å². The normalized spacial score (nSPS) is 14.0. The van der Waals surface area contributed by atoms with Gasteiger partial charge >= 0.3 is 0 Å². The first-order valence-electron chi connectivity index (χ1n) is 16.8. The Bertz CT molecular complexity index is 2110. The van der Waals surface area contributed by atoms with E-state index in [1.165, 1.54) is 17.7 Å². The molecule has 1 aromatic heterocycles. The highest BCUT2D eigenvalue weighted by atomic mass is 32.2. The number of hydrogen-bond donors (Lipinski definition) is 2. The first-order valence-corrected chi connectivity index (χ1v) is 19.3. The van der Waals surface area contributed by atoms with Crippen molar-refractivity contribution in [3.63, 3.8) is 0 Å². The van der Waals surface area contributed by atoms with E-state index in [1.807, 2.05) is 42.5 Å². The number of carbonyl (C=O) groups is 1. The van der Waals surface area contributed by atoms with E-state index in [2.05, 4.69) is 39.0 Å². The van der Waals surface area contributed by atoms with Crippen LogP contribution >= 0.6 is 11.8 Å². The van der Waals surface area contributed by atoms with Gasteiger partial charge in [0.15, 0.2) is 0 Å². The minimum Gasteiger partial charge on any atom is -0.379 e. The average Bonchev–Trinajstić information content (AvgIpc) is 3.14. The van der Waals surface area contributed by atoms with Crippen LogP contribution in [0.2, 0.25) is 0 Å². The number of anilines is 1. The molecule has 6 rings (SSSR count). The molecule has 0 aliphatic carbocycles. The molecule has 13 heteroatoms. The maximum absolute atomic E-state index is 13.2. The van der Waals surface area contributed by atoms with E-state index < -0.39 is 26.5 Å². The summed E-state index contributed by atoms with van der Waals surface area (Å²) in [5, 5.41) is 15.9. The lowest BCUT2D eigenvalue weighted by molar-refractivity contribution is -0.384. The van der Waals surface area contributed by atoms with Gasteiger partial charge in [-0.25, -0.2) is 13.1 Å². The van der Waals surface area contributed by atoms with Crippen LogP contribution in [0.1, 0.15) is 22.3 Å². The van der Waals surface area contributed by atoms with Gasteiger partial charge in [-0.1, -0.05) is 48.5 Å². The number of carbonyl (C=O) groups excluding carboxylic acids is 1. The zero-order valence-electron chi connectivity index (χ0n) is 28.3. The number of nitrogens with one attached hydrogen (secondary N) is 2. The number of sulfonamides is 1. The van der Waals surface area contributed by atoms with Crippen molar-refractivity contribution in [3.8, 4) is 11.1 Å². The molecule has 11 nitrogen and oxygen atoms in total. The largest absolute Gasteiger partial charge is 0.379 e. The molecule has 0 unspecified atom stereocenters. The summed E-state index contributed by atoms with van der Waals surface area (Å²) < 4.78 is 28.4. The summed E-state index contributed by atoms with van der Waals surface area (Å²) in [5.74, 6) is -0.200. The summed E-state index contributed by atoms with van der Waals surface area (Å²) in [5.41, 5.74) is 3.77. The number of pyridine rings is 1. The van der Waals surface area contributed by atoms with Crippen molar-refractivity contribution in [3.05, 3.63) is 124 Å². The molecule has 0 radical (unpaired) electrons. The molecule has 1 amide bonds. The van der Waals surface area contributed by atoms with Gasteiger partial charge in [0.1, 0.15) is 5.69 Å². The fraction of sp³-hybridized carbons (Fsp3) is 0.263. The van der Waals surface area contributed by atoms with E-state index in [0.29, 0.717) is 12.3 Å². The lowest BCUT2D eigenvalue weighted by Crippen LogP contribution is -2.44. The number of fused-ring (bicyclic) bond motifs is 1. The quantitative estimate of drug-likeness (QED) is 0.0580. The molecule has 264 valence electrons. The number of nitro benzene ring substituents is 1. The fourth-order valence-electron chi connectivity index (χ4n) is 6.14. The summed E-state index contributed by atoms with van der Waals surface area (Å²) in [6.07, 6.45) is 3.77. The predicted molar refractivity (Wildman–Crippen MR) is 203 cm³/mol. The predicted octanol–water partition coefficient (Wildman–Crippen LogP) is 6.31. The van der Waals surface area contributed by atoms with E-state index in [0.717, 1.165) is 78.6 Å². The molecule has 1 saturated heterocycles. The first-order chi connectivity index (χ1) is 24.7. The van der Waals surface area contributed by atoms with Crippen LogP contribution in [0.3, 0.4) is 0 Å². The number of rotatable bonds is 14. The van der Waals surface area contributed by atoms with Crippen molar-refractivity contribution in [2.75, 3.05) is 57.4 Å². The third-order valence-electron chi connectivity index (χ3n) is 8.97. The van der Waals surface area contributed by atoms with Crippen molar-refractivity contribution in [1.82, 2.24) is 19.5 Å². The second-order valence-corrected chi connectivity index (χ2v) is 15.3. The Morgan fingerprint density at radius 2 is 1.71 bits per heavy atom. The highest BCUT2D eigenvalue weighted by Gasteiger charge is 2.24. The highest BCUT2D eigenvalue weighted by molar-refractivity contribution is 7.99. The van der Waals surface area contributed by atoms with Crippen LogP contribution in [0.5, 0.6) is 0 Å². The number of piperazine rings is 1. The SMILES string of the molecule is CN1CCN(CCCc2ccc(-c3ccc(C(=O)NS(=O)(=O)c4ccc(NCCSc5ccccc5)c([N+](=O)[O-])c4)cc3)c3ncccc23)CC1. The van der Waals surface area contributed by atoms with Crippen LogP contribution in [0.4, 0.5) is 11.4 Å². The maximum atomic E-state index is 13.2. The number of amides is 1. The minimum atomic E-state index is -4.41. The minimum absolute atomic E-state index is 0.129. The summed E-state index contributed by atoms with van der Waals surface area (Å²) in [4.78, 5) is 34.5. The van der Waals surface area contributed by atoms with E-state index in [1.54, 1.807) is 42.2 Å². The molecule has 2 N–H and O–H groups in total.